The van der Waals surface area contributed by atoms with Crippen LogP contribution in [0.1, 0.15) is 40.7 Å². The second-order valence-electron chi connectivity index (χ2n) is 8.80. The average molecular weight is 493 g/mol. The maximum atomic E-state index is 15.1. The van der Waals surface area contributed by atoms with E-state index in [0.29, 0.717) is 37.0 Å². The molecule has 0 spiro atoms. The van der Waals surface area contributed by atoms with Crippen LogP contribution in [0.25, 0.3) is 0 Å². The standard InChI is InChI=1S/C28H29FN2O3S/c29-25-14-8-7-13-24(25)28(31-27(35)30-26(33)21-11-5-2-6-12-21)16-15-23(17-22(28)18-32)34-19-20-9-3-1-4-10-20/h1-14,22-23,32H,15-19H2,(H2,30,31,33,35)/t22-,23+,28+/m1/s1. The Morgan fingerprint density at radius 3 is 2.37 bits per heavy atom. The van der Waals surface area contributed by atoms with Crippen molar-refractivity contribution in [2.45, 2.75) is 37.5 Å². The molecule has 1 aliphatic carbocycles. The van der Waals surface area contributed by atoms with E-state index in [1.165, 1.54) is 6.07 Å². The number of aliphatic hydroxyl groups is 1. The topological polar surface area (TPSA) is 70.6 Å². The predicted octanol–water partition coefficient (Wildman–Crippen LogP) is 4.70. The summed E-state index contributed by atoms with van der Waals surface area (Å²) in [6, 6.07) is 25.1. The van der Waals surface area contributed by atoms with E-state index >= 15 is 4.39 Å². The molecule has 1 saturated carbocycles. The Morgan fingerprint density at radius 1 is 1.03 bits per heavy atom. The summed E-state index contributed by atoms with van der Waals surface area (Å²) < 4.78 is 21.2. The molecule has 4 rings (SSSR count). The summed E-state index contributed by atoms with van der Waals surface area (Å²) >= 11 is 5.49. The molecule has 0 bridgehead atoms. The maximum Gasteiger partial charge on any atom is 0.257 e. The highest BCUT2D eigenvalue weighted by atomic mass is 32.1. The van der Waals surface area contributed by atoms with Crippen molar-refractivity contribution in [3.05, 3.63) is 107 Å². The number of aliphatic hydroxyl groups excluding tert-OH is 1. The van der Waals surface area contributed by atoms with Crippen molar-refractivity contribution >= 4 is 23.2 Å². The molecule has 1 fully saturated rings. The van der Waals surface area contributed by atoms with Crippen molar-refractivity contribution in [3.8, 4) is 0 Å². The van der Waals surface area contributed by atoms with Gasteiger partial charge in [0.15, 0.2) is 5.11 Å². The van der Waals surface area contributed by atoms with Gasteiger partial charge in [0.2, 0.25) is 0 Å². The second kappa shape index (κ2) is 11.5. The largest absolute Gasteiger partial charge is 0.396 e. The number of thiocarbonyl (C=S) groups is 1. The van der Waals surface area contributed by atoms with Crippen LogP contribution >= 0.6 is 12.2 Å². The third kappa shape index (κ3) is 5.93. The minimum absolute atomic E-state index is 0.0872. The van der Waals surface area contributed by atoms with Crippen molar-refractivity contribution in [2.24, 2.45) is 5.92 Å². The van der Waals surface area contributed by atoms with Gasteiger partial charge >= 0.3 is 0 Å². The molecule has 35 heavy (non-hydrogen) atoms. The molecule has 3 aromatic carbocycles. The van der Waals surface area contributed by atoms with Crippen LogP contribution in [0.2, 0.25) is 0 Å². The van der Waals surface area contributed by atoms with Gasteiger partial charge < -0.3 is 15.2 Å². The third-order valence-electron chi connectivity index (χ3n) is 6.61. The molecule has 0 radical (unpaired) electrons. The molecular formula is C28H29FN2O3S. The molecule has 7 heteroatoms. The highest BCUT2D eigenvalue weighted by Crippen LogP contribution is 2.43. The maximum absolute atomic E-state index is 15.1. The molecule has 0 aromatic heterocycles. The fraction of sp³-hybridized carbons (Fsp3) is 0.286. The van der Waals surface area contributed by atoms with Crippen LogP contribution < -0.4 is 10.6 Å². The van der Waals surface area contributed by atoms with Crippen LogP contribution in [0.5, 0.6) is 0 Å². The number of hydrogen-bond acceptors (Lipinski definition) is 4. The van der Waals surface area contributed by atoms with E-state index in [4.69, 9.17) is 17.0 Å². The van der Waals surface area contributed by atoms with Gasteiger partial charge in [-0.1, -0.05) is 66.7 Å². The molecule has 1 amide bonds. The Morgan fingerprint density at radius 2 is 1.69 bits per heavy atom. The molecule has 0 unspecified atom stereocenters. The smallest absolute Gasteiger partial charge is 0.257 e. The molecule has 1 aliphatic rings. The molecule has 5 nitrogen and oxygen atoms in total. The van der Waals surface area contributed by atoms with Gasteiger partial charge in [0.1, 0.15) is 5.82 Å². The van der Waals surface area contributed by atoms with Crippen molar-refractivity contribution in [1.82, 2.24) is 10.6 Å². The van der Waals surface area contributed by atoms with Gasteiger partial charge in [-0.2, -0.15) is 0 Å². The molecule has 3 atom stereocenters. The lowest BCUT2D eigenvalue weighted by molar-refractivity contribution is -0.0388. The fourth-order valence-corrected chi connectivity index (χ4v) is 5.08. The number of hydrogen-bond donors (Lipinski definition) is 3. The Kier molecular flexibility index (Phi) is 8.23. The molecule has 3 aromatic rings. The van der Waals surface area contributed by atoms with Gasteiger partial charge in [0.25, 0.3) is 5.91 Å². The van der Waals surface area contributed by atoms with E-state index < -0.39 is 5.54 Å². The zero-order chi connectivity index (χ0) is 24.7. The third-order valence-corrected chi connectivity index (χ3v) is 6.81. The van der Waals surface area contributed by atoms with E-state index in [1.807, 2.05) is 36.4 Å². The fourth-order valence-electron chi connectivity index (χ4n) is 4.81. The normalized spacial score (nSPS) is 21.8. The Hall–Kier alpha value is -3.13. The highest BCUT2D eigenvalue weighted by molar-refractivity contribution is 7.80. The second-order valence-corrected chi connectivity index (χ2v) is 9.21. The van der Waals surface area contributed by atoms with E-state index in [9.17, 15) is 9.90 Å². The number of carbonyl (C=O) groups excluding carboxylic acids is 1. The molecule has 0 aliphatic heterocycles. The molecule has 0 heterocycles. The zero-order valence-corrected chi connectivity index (χ0v) is 20.1. The van der Waals surface area contributed by atoms with Gasteiger partial charge in [-0.15, -0.1) is 0 Å². The van der Waals surface area contributed by atoms with Gasteiger partial charge in [-0.3, -0.25) is 10.1 Å². The van der Waals surface area contributed by atoms with E-state index in [0.717, 1.165) is 5.56 Å². The van der Waals surface area contributed by atoms with E-state index in [2.05, 4.69) is 10.6 Å². The number of halogens is 1. The monoisotopic (exact) mass is 492 g/mol. The van der Waals surface area contributed by atoms with Crippen molar-refractivity contribution < 1.29 is 19.0 Å². The molecule has 182 valence electrons. The lowest BCUT2D eigenvalue weighted by Crippen LogP contribution is -2.58. The summed E-state index contributed by atoms with van der Waals surface area (Å²) in [7, 11) is 0. The quantitative estimate of drug-likeness (QED) is 0.417. The summed E-state index contributed by atoms with van der Waals surface area (Å²) in [5, 5.41) is 16.4. The number of benzene rings is 3. The first-order valence-corrected chi connectivity index (χ1v) is 12.1. The summed E-state index contributed by atoms with van der Waals surface area (Å²) in [5.41, 5.74) is 0.959. The van der Waals surface area contributed by atoms with Crippen LogP contribution in [0.15, 0.2) is 84.9 Å². The van der Waals surface area contributed by atoms with Crippen molar-refractivity contribution in [2.75, 3.05) is 6.61 Å². The summed E-state index contributed by atoms with van der Waals surface area (Å²) in [4.78, 5) is 12.6. The number of carbonyl (C=O) groups is 1. The minimum Gasteiger partial charge on any atom is -0.396 e. The van der Waals surface area contributed by atoms with Gasteiger partial charge in [0.05, 0.1) is 18.2 Å². The van der Waals surface area contributed by atoms with Gasteiger partial charge in [-0.05, 0) is 55.2 Å². The molecule has 3 N–H and O–H groups in total. The molecule has 0 saturated heterocycles. The lowest BCUT2D eigenvalue weighted by Gasteiger charge is -2.47. The highest BCUT2D eigenvalue weighted by Gasteiger charge is 2.47. The number of amides is 1. The Labute approximate surface area is 210 Å². The minimum atomic E-state index is -0.992. The van der Waals surface area contributed by atoms with Gasteiger partial charge in [-0.25, -0.2) is 4.39 Å². The van der Waals surface area contributed by atoms with Crippen LogP contribution in [0.3, 0.4) is 0 Å². The van der Waals surface area contributed by atoms with Gasteiger partial charge in [0, 0.05) is 23.7 Å². The van der Waals surface area contributed by atoms with E-state index in [1.54, 1.807) is 42.5 Å². The number of ether oxygens (including phenoxy) is 1. The zero-order valence-electron chi connectivity index (χ0n) is 19.3. The predicted molar refractivity (Wildman–Crippen MR) is 137 cm³/mol. The van der Waals surface area contributed by atoms with E-state index in [-0.39, 0.29) is 35.5 Å². The van der Waals surface area contributed by atoms with Crippen molar-refractivity contribution in [3.63, 3.8) is 0 Å². The Bertz CT molecular complexity index is 1150. The lowest BCUT2D eigenvalue weighted by atomic mass is 9.68. The SMILES string of the molecule is O=C(NC(=S)N[C@@]1(c2ccccc2F)CC[C@H](OCc2ccccc2)C[C@@H]1CO)c1ccccc1. The average Bonchev–Trinajstić information content (AvgIpc) is 2.89. The molecular weight excluding hydrogens is 463 g/mol. The first kappa shape index (κ1) is 25.0. The van der Waals surface area contributed by atoms with Crippen LogP contribution in [0.4, 0.5) is 4.39 Å². The van der Waals surface area contributed by atoms with Crippen molar-refractivity contribution in [1.29, 1.82) is 0 Å². The number of rotatable bonds is 7. The summed E-state index contributed by atoms with van der Waals surface area (Å²) in [5.74, 6) is -1.13. The first-order chi connectivity index (χ1) is 17.0. The first-order valence-electron chi connectivity index (χ1n) is 11.7. The van der Waals surface area contributed by atoms with Crippen LogP contribution in [0, 0.1) is 11.7 Å². The Balaban J connectivity index is 1.54. The number of nitrogens with one attached hydrogen (secondary N) is 2. The van der Waals surface area contributed by atoms with Crippen LogP contribution in [-0.2, 0) is 16.9 Å². The van der Waals surface area contributed by atoms with Crippen LogP contribution in [-0.4, -0.2) is 28.8 Å². The summed E-state index contributed by atoms with van der Waals surface area (Å²) in [6.45, 7) is 0.275. The summed E-state index contributed by atoms with van der Waals surface area (Å²) in [6.07, 6.45) is 1.53.